The number of halogens is 2. The first-order valence-electron chi connectivity index (χ1n) is 4.85. The van der Waals surface area contributed by atoms with Crippen LogP contribution in [0.4, 0.5) is 4.39 Å². The van der Waals surface area contributed by atoms with Crippen molar-refractivity contribution in [1.29, 1.82) is 0 Å². The molecule has 0 bridgehead atoms. The molecular formula is C10H9BrFN3O2S. The van der Waals surface area contributed by atoms with Crippen LogP contribution < -0.4 is 5.14 Å². The van der Waals surface area contributed by atoms with E-state index in [1.807, 2.05) is 0 Å². The molecule has 0 spiro atoms. The molecule has 96 valence electrons. The van der Waals surface area contributed by atoms with Crippen LogP contribution in [0, 0.1) is 5.82 Å². The van der Waals surface area contributed by atoms with Gasteiger partial charge >= 0.3 is 0 Å². The van der Waals surface area contributed by atoms with Crippen LogP contribution in [0.2, 0.25) is 0 Å². The first-order valence-corrected chi connectivity index (χ1v) is 7.19. The second kappa shape index (κ2) is 4.79. The van der Waals surface area contributed by atoms with Crippen LogP contribution in [0.1, 0.15) is 5.56 Å². The standard InChI is InChI=1S/C10H9BrFN3O2S/c11-10-2-1-8(12)3-7(10)5-15-6-9(4-14-15)18(13,16)17/h1-4,6H,5H2,(H2,13,16,17). The van der Waals surface area contributed by atoms with Gasteiger partial charge < -0.3 is 0 Å². The van der Waals surface area contributed by atoms with Crippen molar-refractivity contribution in [3.8, 4) is 0 Å². The van der Waals surface area contributed by atoms with Crippen LogP contribution >= 0.6 is 15.9 Å². The number of benzene rings is 1. The monoisotopic (exact) mass is 333 g/mol. The van der Waals surface area contributed by atoms with E-state index in [1.54, 1.807) is 6.07 Å². The van der Waals surface area contributed by atoms with E-state index in [-0.39, 0.29) is 17.3 Å². The maximum absolute atomic E-state index is 13.1. The van der Waals surface area contributed by atoms with Gasteiger partial charge in [0.2, 0.25) is 10.0 Å². The zero-order valence-electron chi connectivity index (χ0n) is 9.05. The molecule has 0 saturated heterocycles. The molecule has 0 unspecified atom stereocenters. The molecule has 18 heavy (non-hydrogen) atoms. The molecule has 2 rings (SSSR count). The average molecular weight is 334 g/mol. The van der Waals surface area contributed by atoms with Crippen molar-refractivity contribution in [3.63, 3.8) is 0 Å². The lowest BCUT2D eigenvalue weighted by molar-refractivity contribution is 0.597. The van der Waals surface area contributed by atoms with E-state index >= 15 is 0 Å². The van der Waals surface area contributed by atoms with Crippen LogP contribution in [0.25, 0.3) is 0 Å². The van der Waals surface area contributed by atoms with E-state index < -0.39 is 10.0 Å². The fraction of sp³-hybridized carbons (Fsp3) is 0.100. The van der Waals surface area contributed by atoms with Crippen LogP contribution in [0.5, 0.6) is 0 Å². The Labute approximate surface area is 112 Å². The van der Waals surface area contributed by atoms with E-state index in [2.05, 4.69) is 21.0 Å². The van der Waals surface area contributed by atoms with Crippen LogP contribution in [-0.4, -0.2) is 18.2 Å². The number of hydrogen-bond acceptors (Lipinski definition) is 3. The topological polar surface area (TPSA) is 78.0 Å². The SMILES string of the molecule is NS(=O)(=O)c1cnn(Cc2cc(F)ccc2Br)c1. The smallest absolute Gasteiger partial charge is 0.241 e. The number of primary sulfonamides is 1. The lowest BCUT2D eigenvalue weighted by atomic mass is 10.2. The molecule has 2 aromatic rings. The second-order valence-corrected chi connectivity index (χ2v) is 6.07. The van der Waals surface area contributed by atoms with Crippen molar-refractivity contribution in [2.75, 3.05) is 0 Å². The van der Waals surface area contributed by atoms with Gasteiger partial charge in [0.1, 0.15) is 10.7 Å². The first-order chi connectivity index (χ1) is 8.36. The molecule has 1 aromatic heterocycles. The van der Waals surface area contributed by atoms with Gasteiger partial charge in [-0.15, -0.1) is 0 Å². The van der Waals surface area contributed by atoms with Gasteiger partial charge in [0.05, 0.1) is 12.7 Å². The summed E-state index contributed by atoms with van der Waals surface area (Å²) in [6.07, 6.45) is 2.45. The summed E-state index contributed by atoms with van der Waals surface area (Å²) in [4.78, 5) is -0.0741. The molecule has 8 heteroatoms. The predicted molar refractivity (Wildman–Crippen MR) is 66.8 cm³/mol. The number of nitrogens with two attached hydrogens (primary N) is 1. The van der Waals surface area contributed by atoms with Crippen molar-refractivity contribution in [2.24, 2.45) is 5.14 Å². The van der Waals surface area contributed by atoms with E-state index in [4.69, 9.17) is 5.14 Å². The molecule has 0 fully saturated rings. The Hall–Kier alpha value is -1.25. The van der Waals surface area contributed by atoms with Gasteiger partial charge in [-0.2, -0.15) is 5.10 Å². The van der Waals surface area contributed by atoms with Crippen LogP contribution in [0.3, 0.4) is 0 Å². The minimum Gasteiger partial charge on any atom is -0.267 e. The molecule has 0 radical (unpaired) electrons. The number of rotatable bonds is 3. The highest BCUT2D eigenvalue weighted by atomic mass is 79.9. The summed E-state index contributed by atoms with van der Waals surface area (Å²) in [6.45, 7) is 0.244. The molecule has 0 amide bonds. The van der Waals surface area contributed by atoms with Crippen LogP contribution in [0.15, 0.2) is 40.0 Å². The molecule has 1 heterocycles. The number of sulfonamides is 1. The quantitative estimate of drug-likeness (QED) is 0.924. The zero-order valence-corrected chi connectivity index (χ0v) is 11.4. The van der Waals surface area contributed by atoms with Crippen LogP contribution in [-0.2, 0) is 16.6 Å². The summed E-state index contributed by atoms with van der Waals surface area (Å²) < 4.78 is 37.3. The fourth-order valence-corrected chi connectivity index (χ4v) is 2.25. The van der Waals surface area contributed by atoms with Gasteiger partial charge in [0.15, 0.2) is 0 Å². The van der Waals surface area contributed by atoms with Crippen molar-refractivity contribution < 1.29 is 12.8 Å². The Morgan fingerprint density at radius 1 is 1.44 bits per heavy atom. The van der Waals surface area contributed by atoms with Gasteiger partial charge in [-0.1, -0.05) is 15.9 Å². The maximum atomic E-state index is 13.1. The van der Waals surface area contributed by atoms with Gasteiger partial charge in [0, 0.05) is 10.7 Å². The fourth-order valence-electron chi connectivity index (χ4n) is 1.42. The normalized spacial score (nSPS) is 11.7. The predicted octanol–water partition coefficient (Wildman–Crippen LogP) is 1.48. The van der Waals surface area contributed by atoms with Gasteiger partial charge in [0.25, 0.3) is 0 Å². The Balaban J connectivity index is 2.29. The molecular weight excluding hydrogens is 325 g/mol. The van der Waals surface area contributed by atoms with Crippen molar-refractivity contribution >= 4 is 26.0 Å². The largest absolute Gasteiger partial charge is 0.267 e. The van der Waals surface area contributed by atoms with Gasteiger partial charge in [-0.25, -0.2) is 17.9 Å². The minimum atomic E-state index is -3.76. The third-order valence-electron chi connectivity index (χ3n) is 2.28. The van der Waals surface area contributed by atoms with Crippen molar-refractivity contribution in [3.05, 3.63) is 46.4 Å². The highest BCUT2D eigenvalue weighted by molar-refractivity contribution is 9.10. The Morgan fingerprint density at radius 3 is 2.78 bits per heavy atom. The summed E-state index contributed by atoms with van der Waals surface area (Å²) in [5.74, 6) is -0.368. The Kier molecular flexibility index (Phi) is 3.51. The zero-order chi connectivity index (χ0) is 13.3. The molecule has 0 aliphatic carbocycles. The summed E-state index contributed by atoms with van der Waals surface area (Å²) >= 11 is 3.28. The summed E-state index contributed by atoms with van der Waals surface area (Å²) in [6, 6.07) is 4.25. The van der Waals surface area contributed by atoms with Gasteiger partial charge in [-0.3, -0.25) is 4.68 Å². The number of nitrogens with zero attached hydrogens (tertiary/aromatic N) is 2. The number of aromatic nitrogens is 2. The van der Waals surface area contributed by atoms with Crippen molar-refractivity contribution in [2.45, 2.75) is 11.4 Å². The lowest BCUT2D eigenvalue weighted by Crippen LogP contribution is -2.11. The molecule has 1 aromatic carbocycles. The van der Waals surface area contributed by atoms with Gasteiger partial charge in [-0.05, 0) is 23.8 Å². The van der Waals surface area contributed by atoms with E-state index in [0.29, 0.717) is 5.56 Å². The molecule has 0 aliphatic rings. The minimum absolute atomic E-state index is 0.0741. The third-order valence-corrected chi connectivity index (χ3v) is 3.92. The molecule has 0 saturated carbocycles. The molecule has 0 aliphatic heterocycles. The highest BCUT2D eigenvalue weighted by Crippen LogP contribution is 2.19. The number of hydrogen-bond donors (Lipinski definition) is 1. The first kappa shape index (κ1) is 13.2. The summed E-state index contributed by atoms with van der Waals surface area (Å²) in [5, 5.41) is 8.83. The molecule has 0 atom stereocenters. The van der Waals surface area contributed by atoms with Crippen molar-refractivity contribution in [1.82, 2.24) is 9.78 Å². The summed E-state index contributed by atoms with van der Waals surface area (Å²) in [7, 11) is -3.76. The Bertz CT molecular complexity index is 684. The lowest BCUT2D eigenvalue weighted by Gasteiger charge is -2.04. The van der Waals surface area contributed by atoms with E-state index in [0.717, 1.165) is 10.7 Å². The molecule has 2 N–H and O–H groups in total. The third kappa shape index (κ3) is 2.95. The van der Waals surface area contributed by atoms with E-state index in [9.17, 15) is 12.8 Å². The molecule has 5 nitrogen and oxygen atoms in total. The average Bonchev–Trinajstić information content (AvgIpc) is 2.71. The second-order valence-electron chi connectivity index (χ2n) is 3.65. The highest BCUT2D eigenvalue weighted by Gasteiger charge is 2.11. The maximum Gasteiger partial charge on any atom is 0.241 e. The van der Waals surface area contributed by atoms with E-state index in [1.165, 1.54) is 23.0 Å². The summed E-state index contributed by atoms with van der Waals surface area (Å²) in [5.41, 5.74) is 0.652. The Morgan fingerprint density at radius 2 is 2.17 bits per heavy atom.